The average Bonchev–Trinajstić information content (AvgIpc) is 3.18. The number of aromatic nitrogens is 3. The van der Waals surface area contributed by atoms with Gasteiger partial charge in [0.05, 0.1) is 11.1 Å². The van der Waals surface area contributed by atoms with E-state index in [1.807, 2.05) is 71.3 Å². The van der Waals surface area contributed by atoms with Gasteiger partial charge in [-0.3, -0.25) is 9.38 Å². The molecule has 0 aliphatic heterocycles. The van der Waals surface area contributed by atoms with Crippen LogP contribution in [0.5, 0.6) is 5.75 Å². The van der Waals surface area contributed by atoms with Crippen molar-refractivity contribution < 1.29 is 9.13 Å². The molecular weight excluding hydrogens is 377 g/mol. The molecule has 30 heavy (non-hydrogen) atoms. The van der Waals surface area contributed by atoms with E-state index in [1.165, 1.54) is 6.07 Å². The summed E-state index contributed by atoms with van der Waals surface area (Å²) in [5.74, 6) is 0.838. The van der Waals surface area contributed by atoms with E-state index >= 15 is 0 Å². The number of halogens is 1. The second kappa shape index (κ2) is 7.79. The number of rotatable bonds is 5. The van der Waals surface area contributed by atoms with Crippen molar-refractivity contribution in [2.24, 2.45) is 0 Å². The normalized spacial score (nSPS) is 11.0. The SMILES string of the molecule is Fc1ccccc1-c1nc(-c2ncccc2OCc2ccccc2)c2ccccn12. The topological polar surface area (TPSA) is 39.4 Å². The van der Waals surface area contributed by atoms with Gasteiger partial charge in [-0.05, 0) is 42.0 Å². The fourth-order valence-corrected chi connectivity index (χ4v) is 3.46. The van der Waals surface area contributed by atoms with Crippen molar-refractivity contribution in [3.63, 3.8) is 0 Å². The fourth-order valence-electron chi connectivity index (χ4n) is 3.46. The van der Waals surface area contributed by atoms with Crippen molar-refractivity contribution in [3.8, 4) is 28.5 Å². The smallest absolute Gasteiger partial charge is 0.148 e. The lowest BCUT2D eigenvalue weighted by Crippen LogP contribution is -1.98. The number of imidazole rings is 1. The zero-order chi connectivity index (χ0) is 20.3. The van der Waals surface area contributed by atoms with Gasteiger partial charge in [0.15, 0.2) is 0 Å². The molecule has 0 unspecified atom stereocenters. The summed E-state index contributed by atoms with van der Waals surface area (Å²) in [5, 5.41) is 0. The molecule has 2 aromatic carbocycles. The van der Waals surface area contributed by atoms with Crippen LogP contribution in [0.4, 0.5) is 4.39 Å². The van der Waals surface area contributed by atoms with Gasteiger partial charge in [-0.15, -0.1) is 0 Å². The van der Waals surface area contributed by atoms with Crippen LogP contribution in [0.25, 0.3) is 28.3 Å². The van der Waals surface area contributed by atoms with E-state index in [9.17, 15) is 4.39 Å². The van der Waals surface area contributed by atoms with E-state index < -0.39 is 0 Å². The molecular formula is C25H18FN3O. The Kier molecular flexibility index (Phi) is 4.69. The van der Waals surface area contributed by atoms with Gasteiger partial charge in [0, 0.05) is 12.4 Å². The molecule has 0 fully saturated rings. The van der Waals surface area contributed by atoms with E-state index in [0.717, 1.165) is 11.1 Å². The Hall–Kier alpha value is -3.99. The molecule has 0 amide bonds. The highest BCUT2D eigenvalue weighted by molar-refractivity contribution is 5.82. The van der Waals surface area contributed by atoms with Crippen LogP contribution in [0.15, 0.2) is 97.3 Å². The molecule has 0 aliphatic rings. The zero-order valence-corrected chi connectivity index (χ0v) is 16.1. The maximum Gasteiger partial charge on any atom is 0.148 e. The van der Waals surface area contributed by atoms with Crippen molar-refractivity contribution in [1.29, 1.82) is 0 Å². The van der Waals surface area contributed by atoms with Crippen LogP contribution in [0.2, 0.25) is 0 Å². The Labute approximate surface area is 173 Å². The van der Waals surface area contributed by atoms with Crippen molar-refractivity contribution >= 4 is 5.52 Å². The molecule has 0 radical (unpaired) electrons. The monoisotopic (exact) mass is 395 g/mol. The molecule has 0 spiro atoms. The van der Waals surface area contributed by atoms with Gasteiger partial charge in [0.25, 0.3) is 0 Å². The molecule has 5 heteroatoms. The molecule has 0 aliphatic carbocycles. The lowest BCUT2D eigenvalue weighted by molar-refractivity contribution is 0.306. The van der Waals surface area contributed by atoms with Gasteiger partial charge in [-0.25, -0.2) is 9.37 Å². The summed E-state index contributed by atoms with van der Waals surface area (Å²) >= 11 is 0. The van der Waals surface area contributed by atoms with E-state index in [-0.39, 0.29) is 5.82 Å². The lowest BCUT2D eigenvalue weighted by atomic mass is 10.2. The molecule has 3 aromatic heterocycles. The van der Waals surface area contributed by atoms with Crippen molar-refractivity contribution in [1.82, 2.24) is 14.4 Å². The Balaban J connectivity index is 1.62. The highest BCUT2D eigenvalue weighted by atomic mass is 19.1. The number of pyridine rings is 2. The summed E-state index contributed by atoms with van der Waals surface area (Å²) in [4.78, 5) is 9.33. The van der Waals surface area contributed by atoms with Crippen LogP contribution >= 0.6 is 0 Å². The van der Waals surface area contributed by atoms with Gasteiger partial charge in [-0.2, -0.15) is 0 Å². The maximum absolute atomic E-state index is 14.5. The largest absolute Gasteiger partial charge is 0.487 e. The van der Waals surface area contributed by atoms with Gasteiger partial charge < -0.3 is 4.74 Å². The predicted molar refractivity (Wildman–Crippen MR) is 115 cm³/mol. The van der Waals surface area contributed by atoms with Crippen LogP contribution in [0, 0.1) is 5.82 Å². The zero-order valence-electron chi connectivity index (χ0n) is 16.1. The third-order valence-corrected chi connectivity index (χ3v) is 4.90. The van der Waals surface area contributed by atoms with Crippen LogP contribution in [0.3, 0.4) is 0 Å². The Morgan fingerprint density at radius 1 is 0.800 bits per heavy atom. The standard InChI is InChI=1S/C25H18FN3O/c26-20-12-5-4-11-19(20)25-28-23(21-13-6-7-16-29(21)25)24-22(14-8-15-27-24)30-17-18-9-2-1-3-10-18/h1-16H,17H2. The lowest BCUT2D eigenvalue weighted by Gasteiger charge is -2.09. The summed E-state index contributed by atoms with van der Waals surface area (Å²) in [6.07, 6.45) is 3.59. The summed E-state index contributed by atoms with van der Waals surface area (Å²) in [6, 6.07) is 26.1. The summed E-state index contributed by atoms with van der Waals surface area (Å²) < 4.78 is 22.5. The van der Waals surface area contributed by atoms with E-state index in [4.69, 9.17) is 9.72 Å². The second-order valence-electron chi connectivity index (χ2n) is 6.84. The van der Waals surface area contributed by atoms with E-state index in [2.05, 4.69) is 4.98 Å². The quantitative estimate of drug-likeness (QED) is 0.379. The number of nitrogens with zero attached hydrogens (tertiary/aromatic N) is 3. The number of ether oxygens (including phenoxy) is 1. The van der Waals surface area contributed by atoms with E-state index in [0.29, 0.717) is 35.1 Å². The Morgan fingerprint density at radius 2 is 1.60 bits per heavy atom. The molecule has 5 rings (SSSR count). The Morgan fingerprint density at radius 3 is 2.47 bits per heavy atom. The highest BCUT2D eigenvalue weighted by Crippen LogP contribution is 2.34. The first-order chi connectivity index (χ1) is 14.8. The predicted octanol–water partition coefficient (Wildman–Crippen LogP) is 5.78. The van der Waals surface area contributed by atoms with E-state index in [1.54, 1.807) is 24.4 Å². The molecule has 146 valence electrons. The molecule has 0 atom stereocenters. The third-order valence-electron chi connectivity index (χ3n) is 4.90. The molecule has 0 bridgehead atoms. The first-order valence-corrected chi connectivity index (χ1v) is 9.65. The Bertz CT molecular complexity index is 1310. The first kappa shape index (κ1) is 18.1. The number of benzene rings is 2. The maximum atomic E-state index is 14.5. The molecule has 0 N–H and O–H groups in total. The number of fused-ring (bicyclic) bond motifs is 1. The average molecular weight is 395 g/mol. The fraction of sp³-hybridized carbons (Fsp3) is 0.0400. The van der Waals surface area contributed by atoms with Crippen LogP contribution in [-0.4, -0.2) is 14.4 Å². The summed E-state index contributed by atoms with van der Waals surface area (Å²) in [6.45, 7) is 0.422. The molecule has 4 nitrogen and oxygen atoms in total. The molecule has 5 aromatic rings. The minimum absolute atomic E-state index is 0.318. The van der Waals surface area contributed by atoms with Crippen molar-refractivity contribution in [2.45, 2.75) is 6.61 Å². The van der Waals surface area contributed by atoms with Crippen molar-refractivity contribution in [2.75, 3.05) is 0 Å². The number of hydrogen-bond donors (Lipinski definition) is 0. The van der Waals surface area contributed by atoms with Gasteiger partial charge in [0.1, 0.15) is 35.4 Å². The first-order valence-electron chi connectivity index (χ1n) is 9.65. The van der Waals surface area contributed by atoms with Crippen LogP contribution < -0.4 is 4.74 Å². The van der Waals surface area contributed by atoms with Crippen LogP contribution in [0.1, 0.15) is 5.56 Å². The van der Waals surface area contributed by atoms with Gasteiger partial charge in [-0.1, -0.05) is 48.5 Å². The third kappa shape index (κ3) is 3.31. The molecule has 3 heterocycles. The summed E-state index contributed by atoms with van der Waals surface area (Å²) in [7, 11) is 0. The van der Waals surface area contributed by atoms with Gasteiger partial charge >= 0.3 is 0 Å². The molecule has 0 saturated carbocycles. The molecule has 0 saturated heterocycles. The summed E-state index contributed by atoms with van der Waals surface area (Å²) in [5.41, 5.74) is 3.61. The number of hydrogen-bond acceptors (Lipinski definition) is 3. The second-order valence-corrected chi connectivity index (χ2v) is 6.84. The van der Waals surface area contributed by atoms with Crippen molar-refractivity contribution in [3.05, 3.63) is 109 Å². The minimum atomic E-state index is -0.318. The minimum Gasteiger partial charge on any atom is -0.487 e. The highest BCUT2D eigenvalue weighted by Gasteiger charge is 2.19. The van der Waals surface area contributed by atoms with Crippen LogP contribution in [-0.2, 0) is 6.61 Å². The van der Waals surface area contributed by atoms with Gasteiger partial charge in [0.2, 0.25) is 0 Å².